The van der Waals surface area contributed by atoms with Gasteiger partial charge in [-0.1, -0.05) is 42.3 Å². The number of amides is 1. The third kappa shape index (κ3) is 5.38. The quantitative estimate of drug-likeness (QED) is 0.697. The van der Waals surface area contributed by atoms with Crippen LogP contribution in [0, 0.1) is 11.3 Å². The fourth-order valence-electron chi connectivity index (χ4n) is 2.71. The smallest absolute Gasteiger partial charge is 0.248 e. The predicted octanol–water partition coefficient (Wildman–Crippen LogP) is 4.24. The van der Waals surface area contributed by atoms with Crippen LogP contribution < -0.4 is 9.62 Å². The number of rotatable bonds is 7. The van der Waals surface area contributed by atoms with Gasteiger partial charge in [0, 0.05) is 5.69 Å². The lowest BCUT2D eigenvalue weighted by atomic mass is 10.1. The van der Waals surface area contributed by atoms with E-state index >= 15 is 0 Å². The van der Waals surface area contributed by atoms with Crippen LogP contribution in [0.1, 0.15) is 18.9 Å². The molecule has 0 bridgehead atoms. The lowest BCUT2D eigenvalue weighted by Crippen LogP contribution is -2.47. The molecule has 0 spiro atoms. The predicted molar refractivity (Wildman–Crippen MR) is 112 cm³/mol. The van der Waals surface area contributed by atoms with E-state index in [2.05, 4.69) is 5.32 Å². The molecule has 0 saturated carbocycles. The molecular formula is C19H19Cl2N3O3S. The number of nitrogens with zero attached hydrogens (tertiary/aromatic N) is 2. The minimum absolute atomic E-state index is 0.191. The molecule has 0 heterocycles. The first-order valence-electron chi connectivity index (χ1n) is 8.38. The Labute approximate surface area is 174 Å². The SMILES string of the molecule is CCC(C(=O)Nc1ccc(CC#N)cc1)N(c1ccc(Cl)c(Cl)c1)S(C)(=O)=O. The Morgan fingerprint density at radius 2 is 1.82 bits per heavy atom. The Kier molecular flexibility index (Phi) is 7.30. The molecule has 28 heavy (non-hydrogen) atoms. The zero-order valence-electron chi connectivity index (χ0n) is 15.3. The zero-order chi connectivity index (χ0) is 20.9. The fourth-order valence-corrected chi connectivity index (χ4v) is 4.20. The molecule has 1 N–H and O–H groups in total. The Hall–Kier alpha value is -2.27. The fraction of sp³-hybridized carbons (Fsp3) is 0.263. The van der Waals surface area contributed by atoms with Crippen LogP contribution in [0.4, 0.5) is 11.4 Å². The second-order valence-electron chi connectivity index (χ2n) is 6.10. The Balaban J connectivity index is 2.33. The average Bonchev–Trinajstić information content (AvgIpc) is 2.63. The van der Waals surface area contributed by atoms with Gasteiger partial charge in [0.05, 0.1) is 34.5 Å². The van der Waals surface area contributed by atoms with Crippen LogP contribution in [0.2, 0.25) is 10.0 Å². The van der Waals surface area contributed by atoms with Crippen molar-refractivity contribution in [3.63, 3.8) is 0 Å². The van der Waals surface area contributed by atoms with Crippen LogP contribution in [0.15, 0.2) is 42.5 Å². The van der Waals surface area contributed by atoms with Gasteiger partial charge in [-0.05, 0) is 42.3 Å². The molecule has 1 unspecified atom stereocenters. The summed E-state index contributed by atoms with van der Waals surface area (Å²) in [5.41, 5.74) is 1.58. The number of nitrogens with one attached hydrogen (secondary N) is 1. The zero-order valence-corrected chi connectivity index (χ0v) is 17.6. The number of sulfonamides is 1. The van der Waals surface area contributed by atoms with Crippen molar-refractivity contribution in [3.05, 3.63) is 58.1 Å². The number of anilines is 2. The summed E-state index contributed by atoms with van der Waals surface area (Å²) >= 11 is 11.9. The molecule has 0 aliphatic carbocycles. The van der Waals surface area contributed by atoms with E-state index < -0.39 is 22.0 Å². The molecule has 9 heteroatoms. The van der Waals surface area contributed by atoms with Gasteiger partial charge in [-0.25, -0.2) is 8.42 Å². The molecule has 0 aliphatic heterocycles. The van der Waals surface area contributed by atoms with E-state index in [-0.39, 0.29) is 28.6 Å². The lowest BCUT2D eigenvalue weighted by Gasteiger charge is -2.30. The molecule has 6 nitrogen and oxygen atoms in total. The van der Waals surface area contributed by atoms with Crippen LogP contribution in [-0.2, 0) is 21.2 Å². The largest absolute Gasteiger partial charge is 0.324 e. The van der Waals surface area contributed by atoms with Crippen molar-refractivity contribution in [1.29, 1.82) is 5.26 Å². The van der Waals surface area contributed by atoms with Gasteiger partial charge in [-0.2, -0.15) is 5.26 Å². The summed E-state index contributed by atoms with van der Waals surface area (Å²) in [6.45, 7) is 1.72. The number of hydrogen-bond acceptors (Lipinski definition) is 4. The number of benzene rings is 2. The first-order chi connectivity index (χ1) is 13.2. The number of nitriles is 1. The van der Waals surface area contributed by atoms with Crippen molar-refractivity contribution in [2.45, 2.75) is 25.8 Å². The van der Waals surface area contributed by atoms with Gasteiger partial charge < -0.3 is 5.32 Å². The molecule has 148 valence electrons. The lowest BCUT2D eigenvalue weighted by molar-refractivity contribution is -0.117. The summed E-state index contributed by atoms with van der Waals surface area (Å²) < 4.78 is 25.9. The minimum atomic E-state index is -3.78. The van der Waals surface area contributed by atoms with E-state index in [9.17, 15) is 13.2 Å². The number of carbonyl (C=O) groups excluding carboxylic acids is 1. The van der Waals surface area contributed by atoms with Gasteiger partial charge in [-0.3, -0.25) is 9.10 Å². The standard InChI is InChI=1S/C19H19Cl2N3O3S/c1-3-18(19(25)23-14-6-4-13(5-7-14)10-11-22)24(28(2,26)27)15-8-9-16(20)17(21)12-15/h4-9,12,18H,3,10H2,1-2H3,(H,23,25). The maximum Gasteiger partial charge on any atom is 0.248 e. The molecule has 0 radical (unpaired) electrons. The van der Waals surface area contributed by atoms with Crippen LogP contribution in [0.3, 0.4) is 0 Å². The molecule has 2 aromatic rings. The molecule has 0 aromatic heterocycles. The van der Waals surface area contributed by atoms with Crippen LogP contribution in [0.25, 0.3) is 0 Å². The maximum atomic E-state index is 12.8. The highest BCUT2D eigenvalue weighted by Crippen LogP contribution is 2.30. The van der Waals surface area contributed by atoms with Crippen LogP contribution in [0.5, 0.6) is 0 Å². The summed E-state index contributed by atoms with van der Waals surface area (Å²) in [4.78, 5) is 12.8. The minimum Gasteiger partial charge on any atom is -0.324 e. The summed E-state index contributed by atoms with van der Waals surface area (Å²) in [5.74, 6) is -0.480. The van der Waals surface area contributed by atoms with Gasteiger partial charge >= 0.3 is 0 Å². The van der Waals surface area contributed by atoms with Gasteiger partial charge in [0.1, 0.15) is 6.04 Å². The van der Waals surface area contributed by atoms with E-state index in [0.717, 1.165) is 16.1 Å². The van der Waals surface area contributed by atoms with Crippen molar-refractivity contribution in [2.24, 2.45) is 0 Å². The average molecular weight is 440 g/mol. The highest BCUT2D eigenvalue weighted by Gasteiger charge is 2.31. The highest BCUT2D eigenvalue weighted by atomic mass is 35.5. The summed E-state index contributed by atoms with van der Waals surface area (Å²) in [6.07, 6.45) is 1.54. The topological polar surface area (TPSA) is 90.3 Å². The second-order valence-corrected chi connectivity index (χ2v) is 8.78. The van der Waals surface area contributed by atoms with E-state index in [4.69, 9.17) is 28.5 Å². The molecule has 0 aliphatic rings. The third-order valence-electron chi connectivity index (χ3n) is 3.99. The molecule has 0 fully saturated rings. The van der Waals surface area contributed by atoms with Crippen molar-refractivity contribution in [3.8, 4) is 6.07 Å². The summed E-state index contributed by atoms with van der Waals surface area (Å²) in [7, 11) is -3.78. The number of carbonyl (C=O) groups is 1. The van der Waals surface area contributed by atoms with Crippen molar-refractivity contribution < 1.29 is 13.2 Å². The van der Waals surface area contributed by atoms with E-state index in [0.29, 0.717) is 5.69 Å². The van der Waals surface area contributed by atoms with Gasteiger partial charge in [0.2, 0.25) is 15.9 Å². The van der Waals surface area contributed by atoms with Crippen molar-refractivity contribution in [2.75, 3.05) is 15.9 Å². The van der Waals surface area contributed by atoms with Gasteiger partial charge in [0.25, 0.3) is 0 Å². The molecule has 2 aromatic carbocycles. The van der Waals surface area contributed by atoms with Crippen LogP contribution in [-0.4, -0.2) is 26.6 Å². The molecule has 1 atom stereocenters. The molecule has 1 amide bonds. The molecular weight excluding hydrogens is 421 g/mol. The second kappa shape index (κ2) is 9.28. The Morgan fingerprint density at radius 3 is 2.32 bits per heavy atom. The monoisotopic (exact) mass is 439 g/mol. The summed E-state index contributed by atoms with van der Waals surface area (Å²) in [5, 5.41) is 11.9. The first kappa shape index (κ1) is 22.0. The third-order valence-corrected chi connectivity index (χ3v) is 5.91. The Morgan fingerprint density at radius 1 is 1.18 bits per heavy atom. The van der Waals surface area contributed by atoms with Gasteiger partial charge in [0.15, 0.2) is 0 Å². The maximum absolute atomic E-state index is 12.8. The highest BCUT2D eigenvalue weighted by molar-refractivity contribution is 7.92. The van der Waals surface area contributed by atoms with Crippen LogP contribution >= 0.6 is 23.2 Å². The van der Waals surface area contributed by atoms with Gasteiger partial charge in [-0.15, -0.1) is 0 Å². The first-order valence-corrected chi connectivity index (χ1v) is 11.0. The summed E-state index contributed by atoms with van der Waals surface area (Å²) in [6, 6.07) is 12.3. The van der Waals surface area contributed by atoms with Crippen molar-refractivity contribution >= 4 is 50.5 Å². The van der Waals surface area contributed by atoms with E-state index in [1.807, 2.05) is 6.07 Å². The number of halogens is 2. The normalized spacial score (nSPS) is 12.1. The van der Waals surface area contributed by atoms with E-state index in [1.54, 1.807) is 31.2 Å². The molecule has 0 saturated heterocycles. The number of hydrogen-bond donors (Lipinski definition) is 1. The van der Waals surface area contributed by atoms with Crippen molar-refractivity contribution in [1.82, 2.24) is 0 Å². The van der Waals surface area contributed by atoms with E-state index in [1.165, 1.54) is 18.2 Å². The molecule has 2 rings (SSSR count). The Bertz CT molecular complexity index is 1000.